The third kappa shape index (κ3) is 7.57. The fourth-order valence-corrected chi connectivity index (χ4v) is 2.82. The number of carbonyl (C=O) groups is 4. The van der Waals surface area contributed by atoms with Gasteiger partial charge in [0.05, 0.1) is 0 Å². The highest BCUT2D eigenvalue weighted by Gasteiger charge is 2.29. The molecule has 0 saturated carbocycles. The molecule has 0 unspecified atom stereocenters. The van der Waals surface area contributed by atoms with Crippen LogP contribution in [-0.4, -0.2) is 35.8 Å². The molecular weight excluding hydrogens is 372 g/mol. The molecule has 2 N–H and O–H groups in total. The van der Waals surface area contributed by atoms with Crippen molar-refractivity contribution in [3.63, 3.8) is 0 Å². The van der Waals surface area contributed by atoms with Gasteiger partial charge >= 0.3 is 11.9 Å². The molecule has 2 rings (SSSR count). The largest absolute Gasteiger partial charge is 0.390 e. The Bertz CT molecular complexity index is 781. The second-order valence-electron chi connectivity index (χ2n) is 6.63. The molecule has 0 heterocycles. The Labute approximate surface area is 169 Å². The van der Waals surface area contributed by atoms with E-state index in [1.807, 2.05) is 36.4 Å². The number of hydrogen-bond acceptors (Lipinski definition) is 5. The third-order valence-electron chi connectivity index (χ3n) is 4.09. The van der Waals surface area contributed by atoms with E-state index in [9.17, 15) is 19.2 Å². The molecule has 0 saturated heterocycles. The van der Waals surface area contributed by atoms with Gasteiger partial charge in [0.1, 0.15) is 12.1 Å². The second-order valence-corrected chi connectivity index (χ2v) is 6.63. The summed E-state index contributed by atoms with van der Waals surface area (Å²) < 4.78 is 5.01. The number of carbonyl (C=O) groups excluding carboxylic acids is 4. The van der Waals surface area contributed by atoms with Crippen molar-refractivity contribution < 1.29 is 23.9 Å². The molecule has 7 nitrogen and oxygen atoms in total. The van der Waals surface area contributed by atoms with Crippen LogP contribution >= 0.6 is 0 Å². The molecular formula is C22H24N2O5. The maximum absolute atomic E-state index is 12.6. The highest BCUT2D eigenvalue weighted by atomic mass is 16.6. The van der Waals surface area contributed by atoms with Crippen LogP contribution < -0.4 is 10.6 Å². The van der Waals surface area contributed by atoms with Crippen molar-refractivity contribution in [3.8, 4) is 0 Å². The van der Waals surface area contributed by atoms with Crippen LogP contribution in [-0.2, 0) is 36.8 Å². The fourth-order valence-electron chi connectivity index (χ4n) is 2.82. The Hall–Kier alpha value is -3.48. The first kappa shape index (κ1) is 21.8. The standard InChI is InChI=1S/C22H24N2O5/c1-15(25)23-19(13-17-9-5-3-6-10-17)21(27)29-22(28)20(24-16(2)26)14-18-11-7-4-8-12-18/h3-12,19-20H,13-14H2,1-2H3,(H,23,25)(H,24,26)/t19-,20-/m0/s1. The molecule has 7 heteroatoms. The lowest BCUT2D eigenvalue weighted by Gasteiger charge is -2.20. The predicted octanol–water partition coefficient (Wildman–Crippen LogP) is 1.55. The average Bonchev–Trinajstić information content (AvgIpc) is 2.68. The minimum Gasteiger partial charge on any atom is -0.390 e. The molecule has 0 aliphatic rings. The Morgan fingerprint density at radius 3 is 1.34 bits per heavy atom. The molecule has 2 aromatic carbocycles. The van der Waals surface area contributed by atoms with Gasteiger partial charge < -0.3 is 15.4 Å². The number of benzene rings is 2. The summed E-state index contributed by atoms with van der Waals surface area (Å²) in [7, 11) is 0. The second kappa shape index (κ2) is 10.8. The Balaban J connectivity index is 2.10. The summed E-state index contributed by atoms with van der Waals surface area (Å²) in [5, 5.41) is 5.02. The molecule has 0 fully saturated rings. The molecule has 0 aliphatic heterocycles. The van der Waals surface area contributed by atoms with E-state index in [0.29, 0.717) is 0 Å². The van der Waals surface area contributed by atoms with Crippen LogP contribution in [0.1, 0.15) is 25.0 Å². The van der Waals surface area contributed by atoms with Crippen LogP contribution in [0.2, 0.25) is 0 Å². The lowest BCUT2D eigenvalue weighted by atomic mass is 10.1. The number of rotatable bonds is 8. The Kier molecular flexibility index (Phi) is 8.09. The van der Waals surface area contributed by atoms with Gasteiger partial charge in [-0.25, -0.2) is 9.59 Å². The van der Waals surface area contributed by atoms with Crippen molar-refractivity contribution in [1.29, 1.82) is 0 Å². The number of nitrogens with one attached hydrogen (secondary N) is 2. The zero-order valence-corrected chi connectivity index (χ0v) is 16.4. The number of amides is 2. The summed E-state index contributed by atoms with van der Waals surface area (Å²) >= 11 is 0. The van der Waals surface area contributed by atoms with Gasteiger partial charge in [0.15, 0.2) is 0 Å². The monoisotopic (exact) mass is 396 g/mol. The van der Waals surface area contributed by atoms with E-state index in [-0.39, 0.29) is 12.8 Å². The van der Waals surface area contributed by atoms with E-state index < -0.39 is 35.8 Å². The van der Waals surface area contributed by atoms with E-state index >= 15 is 0 Å². The average molecular weight is 396 g/mol. The quantitative estimate of drug-likeness (QED) is 0.521. The minimum atomic E-state index is -1.02. The molecule has 0 radical (unpaired) electrons. The predicted molar refractivity (Wildman–Crippen MR) is 107 cm³/mol. The van der Waals surface area contributed by atoms with E-state index in [4.69, 9.17) is 4.74 Å². The highest BCUT2D eigenvalue weighted by Crippen LogP contribution is 2.08. The summed E-state index contributed by atoms with van der Waals surface area (Å²) in [6, 6.07) is 16.1. The van der Waals surface area contributed by atoms with Crippen molar-refractivity contribution in [2.75, 3.05) is 0 Å². The highest BCUT2D eigenvalue weighted by molar-refractivity contribution is 5.94. The van der Waals surface area contributed by atoms with Gasteiger partial charge in [-0.05, 0) is 11.1 Å². The summed E-state index contributed by atoms with van der Waals surface area (Å²) in [5.41, 5.74) is 1.61. The van der Waals surface area contributed by atoms with Crippen LogP contribution in [0, 0.1) is 0 Å². The summed E-state index contributed by atoms with van der Waals surface area (Å²) in [5.74, 6) is -2.59. The number of hydrogen-bond donors (Lipinski definition) is 2. The van der Waals surface area contributed by atoms with Crippen LogP contribution in [0.15, 0.2) is 60.7 Å². The zero-order valence-electron chi connectivity index (χ0n) is 16.4. The SMILES string of the molecule is CC(=O)N[C@@H](Cc1ccccc1)C(=O)OC(=O)[C@H](Cc1ccccc1)NC(C)=O. The van der Waals surface area contributed by atoms with Crippen LogP contribution in [0.25, 0.3) is 0 Å². The third-order valence-corrected chi connectivity index (χ3v) is 4.09. The van der Waals surface area contributed by atoms with Gasteiger partial charge in [-0.1, -0.05) is 60.7 Å². The van der Waals surface area contributed by atoms with Gasteiger partial charge in [0.2, 0.25) is 11.8 Å². The van der Waals surface area contributed by atoms with Gasteiger partial charge in [0, 0.05) is 26.7 Å². The first-order valence-corrected chi connectivity index (χ1v) is 9.22. The van der Waals surface area contributed by atoms with E-state index in [2.05, 4.69) is 10.6 Å². The van der Waals surface area contributed by atoms with Crippen molar-refractivity contribution in [2.45, 2.75) is 38.8 Å². The number of ether oxygens (including phenoxy) is 1. The molecule has 2 atom stereocenters. The fraction of sp³-hybridized carbons (Fsp3) is 0.273. The van der Waals surface area contributed by atoms with Crippen LogP contribution in [0.4, 0.5) is 0 Å². The Morgan fingerprint density at radius 2 is 1.03 bits per heavy atom. The smallest absolute Gasteiger partial charge is 0.336 e. The lowest BCUT2D eigenvalue weighted by Crippen LogP contribution is -2.47. The zero-order chi connectivity index (χ0) is 21.2. The molecule has 29 heavy (non-hydrogen) atoms. The lowest BCUT2D eigenvalue weighted by molar-refractivity contribution is -0.164. The molecule has 0 spiro atoms. The summed E-state index contributed by atoms with van der Waals surface area (Å²) in [6.07, 6.45) is 0.353. The molecule has 0 aromatic heterocycles. The summed E-state index contributed by atoms with van der Waals surface area (Å²) in [6.45, 7) is 2.56. The summed E-state index contributed by atoms with van der Waals surface area (Å²) in [4.78, 5) is 48.1. The molecule has 2 aromatic rings. The van der Waals surface area contributed by atoms with Crippen LogP contribution in [0.5, 0.6) is 0 Å². The van der Waals surface area contributed by atoms with Gasteiger partial charge in [-0.3, -0.25) is 9.59 Å². The molecule has 2 amide bonds. The molecule has 0 aliphatic carbocycles. The molecule has 0 bridgehead atoms. The van der Waals surface area contributed by atoms with Crippen molar-refractivity contribution >= 4 is 23.8 Å². The van der Waals surface area contributed by atoms with Crippen molar-refractivity contribution in [3.05, 3.63) is 71.8 Å². The van der Waals surface area contributed by atoms with Gasteiger partial charge in [0.25, 0.3) is 0 Å². The van der Waals surface area contributed by atoms with Crippen molar-refractivity contribution in [1.82, 2.24) is 10.6 Å². The minimum absolute atomic E-state index is 0.177. The maximum Gasteiger partial charge on any atom is 0.336 e. The molecule has 152 valence electrons. The maximum atomic E-state index is 12.6. The van der Waals surface area contributed by atoms with Gasteiger partial charge in [-0.2, -0.15) is 0 Å². The normalized spacial score (nSPS) is 12.3. The first-order valence-electron chi connectivity index (χ1n) is 9.22. The topological polar surface area (TPSA) is 102 Å². The van der Waals surface area contributed by atoms with Crippen LogP contribution in [0.3, 0.4) is 0 Å². The number of esters is 2. The van der Waals surface area contributed by atoms with E-state index in [1.165, 1.54) is 13.8 Å². The first-order chi connectivity index (χ1) is 13.8. The van der Waals surface area contributed by atoms with E-state index in [1.54, 1.807) is 24.3 Å². The van der Waals surface area contributed by atoms with E-state index in [0.717, 1.165) is 11.1 Å². The van der Waals surface area contributed by atoms with Gasteiger partial charge in [-0.15, -0.1) is 0 Å². The Morgan fingerprint density at radius 1 is 0.690 bits per heavy atom. The van der Waals surface area contributed by atoms with Crippen molar-refractivity contribution in [2.24, 2.45) is 0 Å².